The van der Waals surface area contributed by atoms with E-state index in [9.17, 15) is 14.4 Å². The number of nitrogens with zero attached hydrogens (tertiary/aromatic N) is 2. The van der Waals surface area contributed by atoms with E-state index in [0.29, 0.717) is 31.3 Å². The van der Waals surface area contributed by atoms with E-state index in [-0.39, 0.29) is 24.1 Å². The van der Waals surface area contributed by atoms with Crippen LogP contribution < -0.4 is 10.6 Å². The molecule has 8 nitrogen and oxygen atoms in total. The minimum Gasteiger partial charge on any atom is -0.356 e. The van der Waals surface area contributed by atoms with Crippen molar-refractivity contribution in [1.82, 2.24) is 20.7 Å². The molecule has 0 bridgehead atoms. The van der Waals surface area contributed by atoms with E-state index in [1.165, 1.54) is 6.92 Å². The first-order valence-corrected chi connectivity index (χ1v) is 9.35. The molecule has 2 N–H and O–H groups in total. The summed E-state index contributed by atoms with van der Waals surface area (Å²) in [5, 5.41) is 9.20. The van der Waals surface area contributed by atoms with Gasteiger partial charge in [-0.25, -0.2) is 0 Å². The lowest BCUT2D eigenvalue weighted by Crippen LogP contribution is -2.45. The standard InChI is InChI=1S/C20H24N4O4/c1-14(25)21-12-15-7-9-24(10-8-15)19(26)13-22-20(27)17-11-18(28-23-17)16-5-3-2-4-6-16/h2-6,11,15H,7-10,12-13H2,1H3,(H,21,25)(H,22,27). The van der Waals surface area contributed by atoms with E-state index in [2.05, 4.69) is 15.8 Å². The zero-order chi connectivity index (χ0) is 19.9. The molecule has 1 aliphatic heterocycles. The Morgan fingerprint density at radius 2 is 1.86 bits per heavy atom. The fourth-order valence-corrected chi connectivity index (χ4v) is 3.15. The molecule has 3 amide bonds. The summed E-state index contributed by atoms with van der Waals surface area (Å²) in [7, 11) is 0. The van der Waals surface area contributed by atoms with Crippen molar-refractivity contribution < 1.29 is 18.9 Å². The normalized spacial score (nSPS) is 14.5. The van der Waals surface area contributed by atoms with Gasteiger partial charge >= 0.3 is 0 Å². The molecule has 148 valence electrons. The van der Waals surface area contributed by atoms with Gasteiger partial charge in [-0.05, 0) is 18.8 Å². The Labute approximate surface area is 163 Å². The molecule has 2 aromatic rings. The molecule has 0 spiro atoms. The molecule has 3 rings (SSSR count). The van der Waals surface area contributed by atoms with Gasteiger partial charge < -0.3 is 20.1 Å². The van der Waals surface area contributed by atoms with Crippen molar-refractivity contribution in [2.45, 2.75) is 19.8 Å². The number of carbonyl (C=O) groups excluding carboxylic acids is 3. The van der Waals surface area contributed by atoms with E-state index in [1.807, 2.05) is 30.3 Å². The van der Waals surface area contributed by atoms with Gasteiger partial charge in [-0.3, -0.25) is 14.4 Å². The molecule has 8 heteroatoms. The van der Waals surface area contributed by atoms with Crippen LogP contribution in [-0.2, 0) is 9.59 Å². The Bertz CT molecular complexity index is 826. The van der Waals surface area contributed by atoms with Gasteiger partial charge in [-0.1, -0.05) is 35.5 Å². The number of rotatable bonds is 6. The Morgan fingerprint density at radius 3 is 2.54 bits per heavy atom. The molecule has 1 aromatic heterocycles. The second-order valence-electron chi connectivity index (χ2n) is 6.89. The molecule has 0 saturated carbocycles. The molecular formula is C20H24N4O4. The van der Waals surface area contributed by atoms with Crippen molar-refractivity contribution >= 4 is 17.7 Å². The third-order valence-electron chi connectivity index (χ3n) is 4.81. The average Bonchev–Trinajstić information content (AvgIpc) is 3.21. The quantitative estimate of drug-likeness (QED) is 0.784. The second kappa shape index (κ2) is 9.16. The van der Waals surface area contributed by atoms with Crippen LogP contribution in [0.3, 0.4) is 0 Å². The number of piperidine rings is 1. The number of carbonyl (C=O) groups is 3. The number of hydrogen-bond donors (Lipinski definition) is 2. The summed E-state index contributed by atoms with van der Waals surface area (Å²) < 4.78 is 5.21. The van der Waals surface area contributed by atoms with Crippen LogP contribution in [0.15, 0.2) is 40.9 Å². The second-order valence-corrected chi connectivity index (χ2v) is 6.89. The zero-order valence-corrected chi connectivity index (χ0v) is 15.8. The van der Waals surface area contributed by atoms with Crippen LogP contribution in [0, 0.1) is 5.92 Å². The van der Waals surface area contributed by atoms with Crippen molar-refractivity contribution in [2.24, 2.45) is 5.92 Å². The maximum atomic E-state index is 12.3. The summed E-state index contributed by atoms with van der Waals surface area (Å²) in [5.41, 5.74) is 0.966. The number of nitrogens with one attached hydrogen (secondary N) is 2. The van der Waals surface area contributed by atoms with Crippen molar-refractivity contribution in [2.75, 3.05) is 26.2 Å². The molecule has 0 aliphatic carbocycles. The van der Waals surface area contributed by atoms with E-state index in [0.717, 1.165) is 18.4 Å². The molecule has 28 heavy (non-hydrogen) atoms. The molecule has 1 aliphatic rings. The van der Waals surface area contributed by atoms with Gasteiger partial charge in [0.25, 0.3) is 5.91 Å². The van der Waals surface area contributed by atoms with Gasteiger partial charge in [0.1, 0.15) is 0 Å². The molecule has 0 unspecified atom stereocenters. The number of likely N-dealkylation sites (tertiary alicyclic amines) is 1. The first kappa shape index (κ1) is 19.6. The minimum atomic E-state index is -0.445. The maximum absolute atomic E-state index is 12.3. The van der Waals surface area contributed by atoms with Crippen molar-refractivity contribution in [3.05, 3.63) is 42.1 Å². The summed E-state index contributed by atoms with van der Waals surface area (Å²) in [6.45, 7) is 3.31. The number of aromatic nitrogens is 1. The molecule has 1 fully saturated rings. The molecule has 1 saturated heterocycles. The first-order valence-electron chi connectivity index (χ1n) is 9.35. The van der Waals surface area contributed by atoms with Crippen LogP contribution in [-0.4, -0.2) is 54.0 Å². The van der Waals surface area contributed by atoms with Crippen LogP contribution in [0.1, 0.15) is 30.3 Å². The summed E-state index contributed by atoms with van der Waals surface area (Å²) in [5.74, 6) is 0.273. The van der Waals surface area contributed by atoms with Gasteiger partial charge in [0.2, 0.25) is 11.8 Å². The van der Waals surface area contributed by atoms with Crippen molar-refractivity contribution in [3.63, 3.8) is 0 Å². The first-order chi connectivity index (χ1) is 13.5. The van der Waals surface area contributed by atoms with Crippen molar-refractivity contribution in [3.8, 4) is 11.3 Å². The predicted molar refractivity (Wildman–Crippen MR) is 102 cm³/mol. The number of hydrogen-bond acceptors (Lipinski definition) is 5. The lowest BCUT2D eigenvalue weighted by atomic mass is 9.96. The SMILES string of the molecule is CC(=O)NCC1CCN(C(=O)CNC(=O)c2cc(-c3ccccc3)on2)CC1. The van der Waals surface area contributed by atoms with Crippen LogP contribution in [0.2, 0.25) is 0 Å². The number of benzene rings is 1. The van der Waals surface area contributed by atoms with Crippen LogP contribution in [0.25, 0.3) is 11.3 Å². The summed E-state index contributed by atoms with van der Waals surface area (Å²) in [6.07, 6.45) is 1.67. The highest BCUT2D eigenvalue weighted by molar-refractivity contribution is 5.95. The van der Waals surface area contributed by atoms with Crippen molar-refractivity contribution in [1.29, 1.82) is 0 Å². The fraction of sp³-hybridized carbons (Fsp3) is 0.400. The van der Waals surface area contributed by atoms with Gasteiger partial charge in [0.05, 0.1) is 6.54 Å². The largest absolute Gasteiger partial charge is 0.356 e. The smallest absolute Gasteiger partial charge is 0.273 e. The summed E-state index contributed by atoms with van der Waals surface area (Å²) in [6, 6.07) is 10.9. The summed E-state index contributed by atoms with van der Waals surface area (Å²) in [4.78, 5) is 37.3. The van der Waals surface area contributed by atoms with Gasteiger partial charge in [-0.2, -0.15) is 0 Å². The highest BCUT2D eigenvalue weighted by Gasteiger charge is 2.23. The van der Waals surface area contributed by atoms with E-state index in [1.54, 1.807) is 11.0 Å². The Balaban J connectivity index is 1.44. The maximum Gasteiger partial charge on any atom is 0.273 e. The minimum absolute atomic E-state index is 0.0375. The predicted octanol–water partition coefficient (Wildman–Crippen LogP) is 1.45. The van der Waals surface area contributed by atoms with Gasteiger partial charge in [0, 0.05) is 38.2 Å². The zero-order valence-electron chi connectivity index (χ0n) is 15.8. The molecule has 2 heterocycles. The third-order valence-corrected chi connectivity index (χ3v) is 4.81. The fourth-order valence-electron chi connectivity index (χ4n) is 3.15. The van der Waals surface area contributed by atoms with E-state index < -0.39 is 5.91 Å². The monoisotopic (exact) mass is 384 g/mol. The summed E-state index contributed by atoms with van der Waals surface area (Å²) >= 11 is 0. The Hall–Kier alpha value is -3.16. The highest BCUT2D eigenvalue weighted by Crippen LogP contribution is 2.19. The topological polar surface area (TPSA) is 105 Å². The lowest BCUT2D eigenvalue weighted by molar-refractivity contribution is -0.131. The highest BCUT2D eigenvalue weighted by atomic mass is 16.5. The molecule has 1 aromatic carbocycles. The molecule has 0 radical (unpaired) electrons. The Kier molecular flexibility index (Phi) is 6.41. The van der Waals surface area contributed by atoms with E-state index in [4.69, 9.17) is 4.52 Å². The van der Waals surface area contributed by atoms with Crippen LogP contribution >= 0.6 is 0 Å². The number of amides is 3. The molecule has 0 atom stereocenters. The van der Waals surface area contributed by atoms with Gasteiger partial charge in [0.15, 0.2) is 11.5 Å². The average molecular weight is 384 g/mol. The van der Waals surface area contributed by atoms with Gasteiger partial charge in [-0.15, -0.1) is 0 Å². The van der Waals surface area contributed by atoms with E-state index >= 15 is 0 Å². The molecular weight excluding hydrogens is 360 g/mol. The third kappa shape index (κ3) is 5.18. The lowest BCUT2D eigenvalue weighted by Gasteiger charge is -2.32. The van der Waals surface area contributed by atoms with Crippen LogP contribution in [0.4, 0.5) is 0 Å². The van der Waals surface area contributed by atoms with Crippen LogP contribution in [0.5, 0.6) is 0 Å². The Morgan fingerprint density at radius 1 is 1.14 bits per heavy atom.